The van der Waals surface area contributed by atoms with E-state index in [0.717, 1.165) is 27.2 Å². The Kier molecular flexibility index (Phi) is 6.34. The van der Waals surface area contributed by atoms with E-state index in [1.807, 2.05) is 48.5 Å². The maximum Gasteiger partial charge on any atom is 0.410 e. The summed E-state index contributed by atoms with van der Waals surface area (Å²) < 4.78 is 10.7. The number of nitrogens with zero attached hydrogens (tertiary/aromatic N) is 1. The van der Waals surface area contributed by atoms with E-state index in [1.165, 1.54) is 7.05 Å². The first-order valence-corrected chi connectivity index (χ1v) is 10.1. The molecule has 0 radical (unpaired) electrons. The smallest absolute Gasteiger partial charge is 0.410 e. The number of likely N-dealkylation sites (N-methyl/N-ethyl adjacent to an activating group) is 1. The van der Waals surface area contributed by atoms with Crippen LogP contribution >= 0.6 is 0 Å². The van der Waals surface area contributed by atoms with Gasteiger partial charge in [-0.1, -0.05) is 48.5 Å². The zero-order chi connectivity index (χ0) is 22.8. The lowest BCUT2D eigenvalue weighted by Crippen LogP contribution is -2.45. The Morgan fingerprint density at radius 2 is 1.52 bits per heavy atom. The average Bonchev–Trinajstić information content (AvgIpc) is 3.02. The van der Waals surface area contributed by atoms with Crippen molar-refractivity contribution in [1.82, 2.24) is 4.90 Å². The van der Waals surface area contributed by atoms with Crippen molar-refractivity contribution in [2.45, 2.75) is 44.8 Å². The lowest BCUT2D eigenvalue weighted by molar-refractivity contribution is -0.159. The number of fused-ring (bicyclic) bond motifs is 3. The van der Waals surface area contributed by atoms with Crippen LogP contribution in [0.25, 0.3) is 11.1 Å². The van der Waals surface area contributed by atoms with Gasteiger partial charge in [-0.3, -0.25) is 9.69 Å². The lowest BCUT2D eigenvalue weighted by atomic mass is 9.98. The molecule has 0 saturated heterocycles. The molecule has 1 aliphatic carbocycles. The number of carbonyl (C=O) groups is 3. The molecule has 1 aliphatic rings. The largest absolute Gasteiger partial charge is 0.480 e. The van der Waals surface area contributed by atoms with Crippen LogP contribution in [0.4, 0.5) is 4.79 Å². The number of hydrogen-bond acceptors (Lipinski definition) is 5. The second-order valence-corrected chi connectivity index (χ2v) is 8.56. The summed E-state index contributed by atoms with van der Waals surface area (Å²) in [5.41, 5.74) is 3.56. The van der Waals surface area contributed by atoms with E-state index in [9.17, 15) is 19.5 Å². The Morgan fingerprint density at radius 1 is 1.00 bits per heavy atom. The summed E-state index contributed by atoms with van der Waals surface area (Å²) in [6, 6.07) is 14.5. The quantitative estimate of drug-likeness (QED) is 0.702. The van der Waals surface area contributed by atoms with Gasteiger partial charge in [-0.05, 0) is 43.0 Å². The van der Waals surface area contributed by atoms with Crippen LogP contribution in [0, 0.1) is 0 Å². The number of carboxylic acid groups (broad SMARTS) is 1. The molecule has 0 saturated carbocycles. The molecule has 1 atom stereocenters. The molecule has 0 unspecified atom stereocenters. The molecule has 0 aromatic heterocycles. The summed E-state index contributed by atoms with van der Waals surface area (Å²) in [6.45, 7) is 5.14. The molecule has 0 spiro atoms. The van der Waals surface area contributed by atoms with Crippen LogP contribution in [-0.4, -0.2) is 53.3 Å². The highest BCUT2D eigenvalue weighted by atomic mass is 16.6. The van der Waals surface area contributed by atoms with Gasteiger partial charge in [-0.2, -0.15) is 0 Å². The van der Waals surface area contributed by atoms with Gasteiger partial charge in [0.15, 0.2) is 0 Å². The van der Waals surface area contributed by atoms with Crippen LogP contribution < -0.4 is 0 Å². The maximum atomic E-state index is 12.6. The third-order valence-electron chi connectivity index (χ3n) is 5.16. The number of aliphatic carboxylic acids is 1. The third-order valence-corrected chi connectivity index (χ3v) is 5.16. The van der Waals surface area contributed by atoms with Crippen LogP contribution in [0.3, 0.4) is 0 Å². The number of carboxylic acids is 1. The minimum atomic E-state index is -1.38. The van der Waals surface area contributed by atoms with Gasteiger partial charge >= 0.3 is 18.0 Å². The van der Waals surface area contributed by atoms with Gasteiger partial charge in [0.2, 0.25) is 0 Å². The van der Waals surface area contributed by atoms with Gasteiger partial charge < -0.3 is 14.6 Å². The number of rotatable bonds is 6. The number of esters is 1. The fourth-order valence-electron chi connectivity index (χ4n) is 3.75. The van der Waals surface area contributed by atoms with Crippen molar-refractivity contribution in [3.8, 4) is 11.1 Å². The van der Waals surface area contributed by atoms with E-state index >= 15 is 0 Å². The van der Waals surface area contributed by atoms with Gasteiger partial charge in [0.1, 0.15) is 18.2 Å². The van der Waals surface area contributed by atoms with Crippen LogP contribution in [-0.2, 0) is 19.1 Å². The molecule has 164 valence electrons. The van der Waals surface area contributed by atoms with Gasteiger partial charge in [0, 0.05) is 13.0 Å². The number of hydrogen-bond donors (Lipinski definition) is 1. The molecule has 31 heavy (non-hydrogen) atoms. The topological polar surface area (TPSA) is 93.1 Å². The summed E-state index contributed by atoms with van der Waals surface area (Å²) in [7, 11) is 1.31. The monoisotopic (exact) mass is 425 g/mol. The zero-order valence-electron chi connectivity index (χ0n) is 18.1. The molecule has 0 bridgehead atoms. The van der Waals surface area contributed by atoms with E-state index in [-0.39, 0.29) is 12.5 Å². The van der Waals surface area contributed by atoms with Crippen LogP contribution in [0.5, 0.6) is 0 Å². The third kappa shape index (κ3) is 5.05. The summed E-state index contributed by atoms with van der Waals surface area (Å²) >= 11 is 0. The minimum Gasteiger partial charge on any atom is -0.480 e. The van der Waals surface area contributed by atoms with Gasteiger partial charge in [0.25, 0.3) is 0 Å². The van der Waals surface area contributed by atoms with Crippen LogP contribution in [0.2, 0.25) is 0 Å². The Bertz CT molecular complexity index is 948. The second kappa shape index (κ2) is 8.79. The molecule has 2 aromatic carbocycles. The number of benzene rings is 2. The van der Waals surface area contributed by atoms with E-state index in [1.54, 1.807) is 20.8 Å². The number of ether oxygens (including phenoxy) is 2. The summed E-state index contributed by atoms with van der Waals surface area (Å²) in [5.74, 6) is -2.14. The number of carbonyl (C=O) groups excluding carboxylic acids is 2. The first-order valence-electron chi connectivity index (χ1n) is 10.1. The van der Waals surface area contributed by atoms with Gasteiger partial charge in [-0.15, -0.1) is 0 Å². The molecule has 7 heteroatoms. The Labute approximate surface area is 181 Å². The summed E-state index contributed by atoms with van der Waals surface area (Å²) in [5, 5.41) is 9.52. The van der Waals surface area contributed by atoms with Crippen LogP contribution in [0.1, 0.15) is 44.2 Å². The van der Waals surface area contributed by atoms with Crippen molar-refractivity contribution >= 4 is 18.0 Å². The van der Waals surface area contributed by atoms with Crippen molar-refractivity contribution in [2.24, 2.45) is 0 Å². The van der Waals surface area contributed by atoms with Crippen molar-refractivity contribution in [2.75, 3.05) is 13.7 Å². The highest BCUT2D eigenvalue weighted by Gasteiger charge is 2.34. The fraction of sp³-hybridized carbons (Fsp3) is 0.375. The first kappa shape index (κ1) is 22.3. The van der Waals surface area contributed by atoms with Gasteiger partial charge in [-0.25, -0.2) is 9.59 Å². The molecule has 2 aromatic rings. The first-order chi connectivity index (χ1) is 14.6. The Hall–Kier alpha value is -3.35. The Morgan fingerprint density at radius 3 is 2.00 bits per heavy atom. The normalized spacial score (nSPS) is 13.7. The van der Waals surface area contributed by atoms with Crippen molar-refractivity contribution in [3.63, 3.8) is 0 Å². The number of amides is 1. The van der Waals surface area contributed by atoms with E-state index in [4.69, 9.17) is 9.47 Å². The minimum absolute atomic E-state index is 0.0655. The van der Waals surface area contributed by atoms with Gasteiger partial charge in [0.05, 0.1) is 6.42 Å². The highest BCUT2D eigenvalue weighted by Crippen LogP contribution is 2.44. The molecule has 0 fully saturated rings. The lowest BCUT2D eigenvalue weighted by Gasteiger charge is -2.26. The standard InChI is InChI=1S/C24H27NO6/c1-24(2,3)31-21(26)13-20(22(27)28)25(4)23(29)30-14-19-17-11-7-5-9-15(17)16-10-6-8-12-18(16)19/h5-12,19-20H,13-14H2,1-4H3,(H,27,28)/t20-/m1/s1. The zero-order valence-corrected chi connectivity index (χ0v) is 18.1. The van der Waals surface area contributed by atoms with E-state index < -0.39 is 36.1 Å². The molecular weight excluding hydrogens is 398 g/mol. The van der Waals surface area contributed by atoms with Crippen molar-refractivity contribution in [3.05, 3.63) is 59.7 Å². The molecule has 7 nitrogen and oxygen atoms in total. The summed E-state index contributed by atoms with van der Waals surface area (Å²) in [6.07, 6.45) is -1.27. The molecule has 0 heterocycles. The second-order valence-electron chi connectivity index (χ2n) is 8.56. The average molecular weight is 425 g/mol. The van der Waals surface area contributed by atoms with E-state index in [0.29, 0.717) is 0 Å². The predicted octanol–water partition coefficient (Wildman–Crippen LogP) is 4.05. The molecule has 1 N–H and O–H groups in total. The maximum absolute atomic E-state index is 12.6. The molecule has 1 amide bonds. The summed E-state index contributed by atoms with van der Waals surface area (Å²) in [4.78, 5) is 37.3. The fourth-order valence-corrected chi connectivity index (χ4v) is 3.75. The molecule has 0 aliphatic heterocycles. The predicted molar refractivity (Wildman–Crippen MR) is 115 cm³/mol. The van der Waals surface area contributed by atoms with E-state index in [2.05, 4.69) is 0 Å². The van der Waals surface area contributed by atoms with Crippen molar-refractivity contribution in [1.29, 1.82) is 0 Å². The SMILES string of the molecule is CN(C(=O)OCC1c2ccccc2-c2ccccc21)[C@H](CC(=O)OC(C)(C)C)C(=O)O. The molecule has 3 rings (SSSR count). The molecular formula is C24H27NO6. The Balaban J connectivity index is 1.69. The highest BCUT2D eigenvalue weighted by molar-refractivity contribution is 5.85. The van der Waals surface area contributed by atoms with Crippen LogP contribution in [0.15, 0.2) is 48.5 Å². The van der Waals surface area contributed by atoms with Crippen molar-refractivity contribution < 1.29 is 29.0 Å².